The average molecular weight is 388 g/mol. The third kappa shape index (κ3) is 4.37. The van der Waals surface area contributed by atoms with E-state index < -0.39 is 10.0 Å². The van der Waals surface area contributed by atoms with Gasteiger partial charge in [0.1, 0.15) is 5.75 Å². The van der Waals surface area contributed by atoms with Gasteiger partial charge in [0.15, 0.2) is 5.78 Å². The van der Waals surface area contributed by atoms with Crippen molar-refractivity contribution in [3.8, 4) is 5.75 Å². The summed E-state index contributed by atoms with van der Waals surface area (Å²) >= 11 is 0. The molecule has 144 valence electrons. The maximum atomic E-state index is 12.7. The van der Waals surface area contributed by atoms with E-state index in [1.54, 1.807) is 50.4 Å². The number of methoxy groups -OCH3 is 1. The van der Waals surface area contributed by atoms with E-state index in [1.165, 1.54) is 4.31 Å². The maximum Gasteiger partial charge on any atom is 0.243 e. The number of Topliss-reactive ketones (excluding diaryl/α,β-unsaturated/α-hetero) is 1. The fourth-order valence-electron chi connectivity index (χ4n) is 3.23. The van der Waals surface area contributed by atoms with Gasteiger partial charge in [-0.1, -0.05) is 18.2 Å². The molecule has 0 aromatic heterocycles. The summed E-state index contributed by atoms with van der Waals surface area (Å²) in [6, 6.07) is 13.9. The Balaban J connectivity index is 1.68. The molecule has 0 aliphatic carbocycles. The molecule has 1 fully saturated rings. The van der Waals surface area contributed by atoms with Crippen molar-refractivity contribution in [2.24, 2.45) is 0 Å². The van der Waals surface area contributed by atoms with Gasteiger partial charge in [-0.25, -0.2) is 8.42 Å². The van der Waals surface area contributed by atoms with Crippen LogP contribution in [0.2, 0.25) is 0 Å². The van der Waals surface area contributed by atoms with Gasteiger partial charge >= 0.3 is 0 Å². The predicted octanol–water partition coefficient (Wildman–Crippen LogP) is 2.40. The monoisotopic (exact) mass is 388 g/mol. The highest BCUT2D eigenvalue weighted by Crippen LogP contribution is 2.24. The van der Waals surface area contributed by atoms with Crippen molar-refractivity contribution < 1.29 is 17.9 Å². The summed E-state index contributed by atoms with van der Waals surface area (Å²) in [5.41, 5.74) is 1.58. The second-order valence-electron chi connectivity index (χ2n) is 6.58. The van der Waals surface area contributed by atoms with Crippen molar-refractivity contribution >= 4 is 15.8 Å². The zero-order valence-corrected chi connectivity index (χ0v) is 16.4. The molecular weight excluding hydrogens is 364 g/mol. The van der Waals surface area contributed by atoms with Gasteiger partial charge in [-0.15, -0.1) is 0 Å². The molecule has 2 aromatic carbocycles. The highest BCUT2D eigenvalue weighted by Gasteiger charge is 2.28. The third-order valence-corrected chi connectivity index (χ3v) is 6.71. The van der Waals surface area contributed by atoms with Crippen LogP contribution in [-0.4, -0.2) is 56.7 Å². The Hall–Kier alpha value is -2.22. The van der Waals surface area contributed by atoms with E-state index in [2.05, 4.69) is 4.90 Å². The third-order valence-electron chi connectivity index (χ3n) is 4.79. The lowest BCUT2D eigenvalue weighted by Gasteiger charge is -2.34. The first-order valence-electron chi connectivity index (χ1n) is 8.87. The van der Waals surface area contributed by atoms with Crippen LogP contribution in [0.15, 0.2) is 53.4 Å². The Morgan fingerprint density at radius 3 is 2.30 bits per heavy atom. The minimum atomic E-state index is -3.45. The van der Waals surface area contributed by atoms with Crippen LogP contribution in [0.4, 0.5) is 0 Å². The fourth-order valence-corrected chi connectivity index (χ4v) is 4.67. The molecule has 1 aliphatic rings. The lowest BCUT2D eigenvalue weighted by atomic mass is 10.1. The lowest BCUT2D eigenvalue weighted by Crippen LogP contribution is -2.48. The Bertz CT molecular complexity index is 905. The summed E-state index contributed by atoms with van der Waals surface area (Å²) in [6.45, 7) is 4.28. The minimum Gasteiger partial charge on any atom is -0.496 e. The van der Waals surface area contributed by atoms with E-state index in [0.29, 0.717) is 43.2 Å². The summed E-state index contributed by atoms with van der Waals surface area (Å²) in [5.74, 6) is 0.747. The van der Waals surface area contributed by atoms with E-state index in [9.17, 15) is 13.2 Å². The van der Waals surface area contributed by atoms with E-state index in [-0.39, 0.29) is 5.78 Å². The first-order chi connectivity index (χ1) is 12.9. The molecule has 0 amide bonds. The van der Waals surface area contributed by atoms with Crippen LogP contribution in [-0.2, 0) is 16.6 Å². The van der Waals surface area contributed by atoms with Crippen LogP contribution >= 0.6 is 0 Å². The van der Waals surface area contributed by atoms with E-state index in [0.717, 1.165) is 11.3 Å². The van der Waals surface area contributed by atoms with Crippen LogP contribution < -0.4 is 4.74 Å². The molecule has 2 aromatic rings. The number of carbonyl (C=O) groups excluding carboxylic acids is 1. The highest BCUT2D eigenvalue weighted by molar-refractivity contribution is 7.89. The largest absolute Gasteiger partial charge is 0.496 e. The van der Waals surface area contributed by atoms with Gasteiger partial charge in [0, 0.05) is 43.9 Å². The predicted molar refractivity (Wildman–Crippen MR) is 103 cm³/mol. The molecule has 27 heavy (non-hydrogen) atoms. The summed E-state index contributed by atoms with van der Waals surface area (Å²) < 4.78 is 32.4. The number of piperazine rings is 1. The van der Waals surface area contributed by atoms with E-state index >= 15 is 0 Å². The Kier molecular flexibility index (Phi) is 5.94. The van der Waals surface area contributed by atoms with Gasteiger partial charge in [-0.2, -0.15) is 4.31 Å². The molecule has 1 saturated heterocycles. The number of nitrogens with zero attached hydrogens (tertiary/aromatic N) is 2. The number of rotatable bonds is 6. The molecule has 7 heteroatoms. The van der Waals surface area contributed by atoms with Crippen molar-refractivity contribution in [1.29, 1.82) is 0 Å². The number of hydrogen-bond acceptors (Lipinski definition) is 5. The topological polar surface area (TPSA) is 66.9 Å². The lowest BCUT2D eigenvalue weighted by molar-refractivity contribution is 0.101. The van der Waals surface area contributed by atoms with Crippen LogP contribution in [0.25, 0.3) is 0 Å². The van der Waals surface area contributed by atoms with Crippen LogP contribution in [0.3, 0.4) is 0 Å². The number of sulfonamides is 1. The number of ketones is 1. The number of benzene rings is 2. The summed E-state index contributed by atoms with van der Waals surface area (Å²) in [6.07, 6.45) is 0. The van der Waals surface area contributed by atoms with Crippen LogP contribution in [0.5, 0.6) is 5.75 Å². The first kappa shape index (κ1) is 19.5. The van der Waals surface area contributed by atoms with Gasteiger partial charge in [-0.05, 0) is 37.3 Å². The van der Waals surface area contributed by atoms with Gasteiger partial charge in [-0.3, -0.25) is 9.69 Å². The second-order valence-corrected chi connectivity index (χ2v) is 8.51. The minimum absolute atomic E-state index is 0.0117. The number of carbonyl (C=O) groups is 1. The van der Waals surface area contributed by atoms with Crippen molar-refractivity contribution in [1.82, 2.24) is 9.21 Å². The molecule has 3 rings (SSSR count). The first-order valence-corrected chi connectivity index (χ1v) is 10.3. The van der Waals surface area contributed by atoms with Crippen LogP contribution in [0, 0.1) is 0 Å². The molecule has 0 spiro atoms. The quantitative estimate of drug-likeness (QED) is 0.711. The van der Waals surface area contributed by atoms with Crippen molar-refractivity contribution in [3.05, 3.63) is 59.7 Å². The van der Waals surface area contributed by atoms with Gasteiger partial charge < -0.3 is 4.74 Å². The Morgan fingerprint density at radius 2 is 1.70 bits per heavy atom. The maximum absolute atomic E-state index is 12.7. The smallest absolute Gasteiger partial charge is 0.243 e. The zero-order chi connectivity index (χ0) is 19.4. The van der Waals surface area contributed by atoms with Gasteiger partial charge in [0.25, 0.3) is 0 Å². The van der Waals surface area contributed by atoms with Gasteiger partial charge in [0.05, 0.1) is 12.0 Å². The molecule has 0 N–H and O–H groups in total. The molecule has 6 nitrogen and oxygen atoms in total. The molecule has 0 bridgehead atoms. The number of ether oxygens (including phenoxy) is 1. The van der Waals surface area contributed by atoms with Gasteiger partial charge in [0.2, 0.25) is 10.0 Å². The summed E-state index contributed by atoms with van der Waals surface area (Å²) in [4.78, 5) is 14.2. The highest BCUT2D eigenvalue weighted by atomic mass is 32.2. The standard InChI is InChI=1S/C20H24N2O4S/c1-16(23)17-8-9-20(26-2)18(14-17)15-21-10-12-22(13-11-21)27(24,25)19-6-4-3-5-7-19/h3-9,14H,10-13,15H2,1-2H3. The second kappa shape index (κ2) is 8.21. The van der Waals surface area contributed by atoms with Crippen molar-refractivity contribution in [2.45, 2.75) is 18.4 Å². The Labute approximate surface area is 160 Å². The van der Waals surface area contributed by atoms with Crippen molar-refractivity contribution in [2.75, 3.05) is 33.3 Å². The molecule has 1 heterocycles. The average Bonchev–Trinajstić information content (AvgIpc) is 2.69. The zero-order valence-electron chi connectivity index (χ0n) is 15.6. The summed E-state index contributed by atoms with van der Waals surface area (Å²) in [5, 5.41) is 0. The molecule has 0 unspecified atom stereocenters. The van der Waals surface area contributed by atoms with Crippen LogP contribution in [0.1, 0.15) is 22.8 Å². The van der Waals surface area contributed by atoms with E-state index in [1.807, 2.05) is 12.1 Å². The molecule has 1 aliphatic heterocycles. The Morgan fingerprint density at radius 1 is 1.04 bits per heavy atom. The fraction of sp³-hybridized carbons (Fsp3) is 0.350. The molecular formula is C20H24N2O4S. The number of hydrogen-bond donors (Lipinski definition) is 0. The SMILES string of the molecule is COc1ccc(C(C)=O)cc1CN1CCN(S(=O)(=O)c2ccccc2)CC1. The molecule has 0 saturated carbocycles. The van der Waals surface area contributed by atoms with Crippen molar-refractivity contribution in [3.63, 3.8) is 0 Å². The normalized spacial score (nSPS) is 16.2. The van der Waals surface area contributed by atoms with E-state index in [4.69, 9.17) is 4.74 Å². The molecule has 0 radical (unpaired) electrons. The summed E-state index contributed by atoms with van der Waals surface area (Å²) in [7, 11) is -1.84. The molecule has 0 atom stereocenters.